The predicted molar refractivity (Wildman–Crippen MR) is 146 cm³/mol. The standard InChI is InChI=1S/C28H38N2OP2/c1-7-29(8-2)33(31,30(9-3)10-4)27-25(23-17-13-11-14-18-23)28(6)21-32(27)26(22(28)5)24-19-15-12-16-20-24/h11-20H,7-10,21H2,1-6H3. The summed E-state index contributed by atoms with van der Waals surface area (Å²) in [7, 11) is -3.62. The zero-order valence-electron chi connectivity index (χ0n) is 21.0. The molecule has 0 saturated carbocycles. The summed E-state index contributed by atoms with van der Waals surface area (Å²) in [5.74, 6) is 0. The average molecular weight is 481 g/mol. The SMILES string of the molecule is CCN(CC)P(=O)(C1=C(c2ccccc2)C2(C)CP1C(c1ccccc1)=C2C)N(CC)CC. The fraction of sp³-hybridized carbons (Fsp3) is 0.429. The van der Waals surface area contributed by atoms with Crippen LogP contribution < -0.4 is 0 Å². The summed E-state index contributed by atoms with van der Waals surface area (Å²) in [4.78, 5) is 0. The molecule has 176 valence electrons. The highest BCUT2D eigenvalue weighted by Crippen LogP contribution is 2.86. The quantitative estimate of drug-likeness (QED) is 0.338. The molecular weight excluding hydrogens is 442 g/mol. The van der Waals surface area contributed by atoms with Crippen molar-refractivity contribution < 1.29 is 4.57 Å². The smallest absolute Gasteiger partial charge is 0.246 e. The number of fused-ring (bicyclic) bond motifs is 2. The Morgan fingerprint density at radius 1 is 0.818 bits per heavy atom. The van der Waals surface area contributed by atoms with Gasteiger partial charge in [0.25, 0.3) is 0 Å². The fourth-order valence-corrected chi connectivity index (χ4v) is 14.7. The van der Waals surface area contributed by atoms with Gasteiger partial charge in [0.15, 0.2) is 0 Å². The summed E-state index contributed by atoms with van der Waals surface area (Å²) in [6.45, 7) is 16.5. The molecule has 2 heterocycles. The van der Waals surface area contributed by atoms with E-state index in [9.17, 15) is 0 Å². The van der Waals surface area contributed by atoms with Gasteiger partial charge in [-0.25, -0.2) is 9.34 Å². The van der Waals surface area contributed by atoms with E-state index in [0.717, 1.165) is 32.3 Å². The van der Waals surface area contributed by atoms with Crippen molar-refractivity contribution >= 4 is 26.3 Å². The van der Waals surface area contributed by atoms with Crippen molar-refractivity contribution in [2.24, 2.45) is 5.41 Å². The molecule has 2 aliphatic heterocycles. The van der Waals surface area contributed by atoms with Crippen LogP contribution in [0.3, 0.4) is 0 Å². The van der Waals surface area contributed by atoms with Crippen LogP contribution in [0, 0.1) is 5.41 Å². The van der Waals surface area contributed by atoms with Crippen molar-refractivity contribution in [1.82, 2.24) is 9.34 Å². The van der Waals surface area contributed by atoms with Crippen LogP contribution >= 0.6 is 15.4 Å². The van der Waals surface area contributed by atoms with Crippen molar-refractivity contribution in [2.45, 2.75) is 41.5 Å². The molecule has 0 aliphatic carbocycles. The van der Waals surface area contributed by atoms with E-state index in [1.54, 1.807) is 0 Å². The Kier molecular flexibility index (Phi) is 7.18. The van der Waals surface area contributed by atoms with Crippen molar-refractivity contribution in [3.05, 3.63) is 82.4 Å². The largest absolute Gasteiger partial charge is 0.283 e. The first-order valence-corrected chi connectivity index (χ1v) is 15.5. The highest BCUT2D eigenvalue weighted by atomic mass is 31.2. The molecule has 2 atom stereocenters. The van der Waals surface area contributed by atoms with Gasteiger partial charge < -0.3 is 0 Å². The van der Waals surface area contributed by atoms with Gasteiger partial charge in [0.1, 0.15) is 0 Å². The number of rotatable bonds is 9. The molecule has 33 heavy (non-hydrogen) atoms. The van der Waals surface area contributed by atoms with E-state index in [1.807, 2.05) is 0 Å². The van der Waals surface area contributed by atoms with Crippen molar-refractivity contribution in [3.63, 3.8) is 0 Å². The Hall–Kier alpha value is -1.50. The first-order valence-electron chi connectivity index (χ1n) is 12.3. The zero-order chi connectivity index (χ0) is 23.8. The third kappa shape index (κ3) is 3.73. The molecule has 2 aliphatic rings. The van der Waals surface area contributed by atoms with Crippen LogP contribution in [0.5, 0.6) is 0 Å². The number of benzene rings is 2. The van der Waals surface area contributed by atoms with Crippen LogP contribution in [0.2, 0.25) is 0 Å². The normalized spacial score (nSPS) is 22.8. The summed E-state index contributed by atoms with van der Waals surface area (Å²) in [6.07, 6.45) is 1.07. The number of allylic oxidation sites excluding steroid dienone is 2. The molecule has 3 nitrogen and oxygen atoms in total. The van der Waals surface area contributed by atoms with Crippen LogP contribution in [0.1, 0.15) is 52.7 Å². The van der Waals surface area contributed by atoms with Crippen molar-refractivity contribution in [3.8, 4) is 0 Å². The molecule has 0 radical (unpaired) electrons. The van der Waals surface area contributed by atoms with Crippen molar-refractivity contribution in [2.75, 3.05) is 32.3 Å². The van der Waals surface area contributed by atoms with E-state index in [1.165, 1.54) is 32.6 Å². The lowest BCUT2D eigenvalue weighted by Crippen LogP contribution is -2.33. The Morgan fingerprint density at radius 2 is 1.27 bits per heavy atom. The first-order chi connectivity index (χ1) is 15.9. The molecule has 0 spiro atoms. The maximum Gasteiger partial charge on any atom is 0.246 e. The third-order valence-corrected chi connectivity index (χ3v) is 15.3. The predicted octanol–water partition coefficient (Wildman–Crippen LogP) is 8.18. The van der Waals surface area contributed by atoms with E-state index in [4.69, 9.17) is 0 Å². The van der Waals surface area contributed by atoms with E-state index in [-0.39, 0.29) is 5.41 Å². The minimum Gasteiger partial charge on any atom is -0.283 e. The molecular formula is C28H38N2OP2. The molecule has 5 heteroatoms. The fourth-order valence-electron chi connectivity index (χ4n) is 5.79. The van der Waals surface area contributed by atoms with Gasteiger partial charge in [-0.15, -0.1) is 0 Å². The Balaban J connectivity index is 2.05. The van der Waals surface area contributed by atoms with Gasteiger partial charge in [-0.2, -0.15) is 0 Å². The minimum atomic E-state index is -2.94. The summed E-state index contributed by atoms with van der Waals surface area (Å²) in [5, 5.41) is 2.71. The zero-order valence-corrected chi connectivity index (χ0v) is 22.8. The molecule has 0 amide bonds. The maximum atomic E-state index is 15.5. The van der Waals surface area contributed by atoms with Crippen LogP contribution in [0.25, 0.3) is 10.9 Å². The monoisotopic (exact) mass is 480 g/mol. The van der Waals surface area contributed by atoms with Crippen LogP contribution in [0.4, 0.5) is 0 Å². The molecule has 2 aromatic rings. The van der Waals surface area contributed by atoms with E-state index >= 15 is 4.57 Å². The van der Waals surface area contributed by atoms with Gasteiger partial charge in [0.05, 0.1) is 5.06 Å². The average Bonchev–Trinajstić information content (AvgIpc) is 3.29. The second-order valence-corrected chi connectivity index (χ2v) is 14.2. The molecule has 4 rings (SSSR count). The second kappa shape index (κ2) is 9.63. The minimum absolute atomic E-state index is 0.0798. The highest BCUT2D eigenvalue weighted by Gasteiger charge is 2.58. The van der Waals surface area contributed by atoms with Crippen LogP contribution in [0.15, 0.2) is 71.3 Å². The Bertz CT molecular complexity index is 1090. The lowest BCUT2D eigenvalue weighted by molar-refractivity contribution is 0.367. The lowest BCUT2D eigenvalue weighted by atomic mass is 9.75. The van der Waals surface area contributed by atoms with E-state index in [0.29, 0.717) is 0 Å². The summed E-state index contributed by atoms with van der Waals surface area (Å²) < 4.78 is 20.1. The highest BCUT2D eigenvalue weighted by molar-refractivity contribution is 7.88. The Labute approximate surface area is 201 Å². The number of nitrogens with zero attached hydrogens (tertiary/aromatic N) is 2. The molecule has 2 aromatic carbocycles. The van der Waals surface area contributed by atoms with Gasteiger partial charge in [-0.1, -0.05) is 101 Å². The van der Waals surface area contributed by atoms with Gasteiger partial charge in [-0.3, -0.25) is 4.57 Å². The summed E-state index contributed by atoms with van der Waals surface area (Å²) >= 11 is 0. The van der Waals surface area contributed by atoms with Crippen molar-refractivity contribution in [1.29, 1.82) is 0 Å². The van der Waals surface area contributed by atoms with Crippen LogP contribution in [-0.4, -0.2) is 41.7 Å². The summed E-state index contributed by atoms with van der Waals surface area (Å²) in [5.41, 5.74) is 5.27. The third-order valence-electron chi connectivity index (χ3n) is 7.57. The molecule has 0 N–H and O–H groups in total. The molecule has 0 saturated heterocycles. The van der Waals surface area contributed by atoms with Gasteiger partial charge in [0.2, 0.25) is 7.44 Å². The van der Waals surface area contributed by atoms with Gasteiger partial charge in [-0.05, 0) is 43.0 Å². The molecule has 0 aromatic heterocycles. The molecule has 2 unspecified atom stereocenters. The van der Waals surface area contributed by atoms with Gasteiger partial charge in [0, 0.05) is 31.6 Å². The number of hydrogen-bond donors (Lipinski definition) is 0. The van der Waals surface area contributed by atoms with Crippen LogP contribution in [-0.2, 0) is 4.57 Å². The maximum absolute atomic E-state index is 15.5. The van der Waals surface area contributed by atoms with E-state index in [2.05, 4.69) is 112 Å². The topological polar surface area (TPSA) is 23.6 Å². The lowest BCUT2D eigenvalue weighted by Gasteiger charge is -2.42. The second-order valence-electron chi connectivity index (χ2n) is 9.14. The summed E-state index contributed by atoms with van der Waals surface area (Å²) in [6, 6.07) is 21.6. The van der Waals surface area contributed by atoms with E-state index < -0.39 is 15.4 Å². The first kappa shape index (κ1) is 24.6. The molecule has 2 bridgehead atoms. The number of hydrogen-bond acceptors (Lipinski definition) is 1. The molecule has 0 fully saturated rings. The van der Waals surface area contributed by atoms with Gasteiger partial charge >= 0.3 is 0 Å². The Morgan fingerprint density at radius 3 is 1.73 bits per heavy atom.